The van der Waals surface area contributed by atoms with E-state index in [4.69, 9.17) is 26.1 Å². The number of hydrogen-bond donors (Lipinski definition) is 3. The molecule has 0 aromatic carbocycles. The van der Waals surface area contributed by atoms with E-state index in [1.165, 1.54) is 65.3 Å². The standard InChI is InChI=1S/C12H8N2O4.C12H10N2O2.2CNS.Ru/c15-11(16)7-1-3-13-9(5-7)10-6-8(12(17)18)2-4-14-10;1-8-2-4-13-10(6-8)11-7-9(12(15)16)3-5-14-11;2*2-1-3;/h1-6H,(H,15,16)(H,17,18);2-7H,1H3,(H,15,16);;;/q;;2*-1;+2. The maximum absolute atomic E-state index is 10.8. The van der Waals surface area contributed by atoms with Gasteiger partial charge in [-0.25, -0.2) is 14.4 Å². The second-order valence-electron chi connectivity index (χ2n) is 7.11. The van der Waals surface area contributed by atoms with Crippen LogP contribution in [0.25, 0.3) is 33.6 Å². The van der Waals surface area contributed by atoms with Gasteiger partial charge >= 0.3 is 37.4 Å². The SMILES string of the molecule is Cc1ccnc(-c2cc(C(=O)O)ccn2)c1.O=C(O)c1ccnc(-c2cc(C(=O)O)ccn2)c1.[N-]=C=S.[N-]=C=S.[Ru+2]. The molecule has 15 heteroatoms. The Balaban J connectivity index is 0.000000645. The van der Waals surface area contributed by atoms with Crippen LogP contribution in [-0.4, -0.2) is 63.5 Å². The topological polar surface area (TPSA) is 208 Å². The number of aryl methyl sites for hydroxylation is 1. The monoisotopic (exact) mass is 676 g/mol. The molecule has 0 saturated heterocycles. The van der Waals surface area contributed by atoms with Gasteiger partial charge < -0.3 is 26.1 Å². The molecule has 0 spiro atoms. The Morgan fingerprint density at radius 3 is 1.10 bits per heavy atom. The summed E-state index contributed by atoms with van der Waals surface area (Å²) in [4.78, 5) is 48.6. The van der Waals surface area contributed by atoms with E-state index in [9.17, 15) is 14.4 Å². The first-order valence-corrected chi connectivity index (χ1v) is 11.4. The zero-order valence-corrected chi connectivity index (χ0v) is 24.2. The van der Waals surface area contributed by atoms with Gasteiger partial charge in [0.2, 0.25) is 0 Å². The molecule has 3 N–H and O–H groups in total. The number of carboxylic acids is 3. The van der Waals surface area contributed by atoms with Crippen molar-refractivity contribution in [3.8, 4) is 22.8 Å². The first-order valence-electron chi connectivity index (χ1n) is 10.6. The van der Waals surface area contributed by atoms with Gasteiger partial charge in [0.25, 0.3) is 0 Å². The second kappa shape index (κ2) is 19.3. The summed E-state index contributed by atoms with van der Waals surface area (Å²) in [5.74, 6) is -3.11. The fraction of sp³-hybridized carbons (Fsp3) is 0.0385. The van der Waals surface area contributed by atoms with E-state index in [1.807, 2.05) is 19.1 Å². The number of nitrogens with zero attached hydrogens (tertiary/aromatic N) is 6. The number of thiocarbonyl (C=S) groups is 2. The molecule has 0 fully saturated rings. The van der Waals surface area contributed by atoms with Crippen molar-refractivity contribution in [1.82, 2.24) is 19.9 Å². The van der Waals surface area contributed by atoms with Gasteiger partial charge in [0, 0.05) is 24.8 Å². The van der Waals surface area contributed by atoms with Crippen LogP contribution in [0.3, 0.4) is 0 Å². The van der Waals surface area contributed by atoms with Gasteiger partial charge in [-0.1, -0.05) is 24.4 Å². The minimum atomic E-state index is -1.08. The van der Waals surface area contributed by atoms with Crippen LogP contribution >= 0.6 is 24.4 Å². The van der Waals surface area contributed by atoms with Gasteiger partial charge in [-0.3, -0.25) is 19.9 Å². The molecule has 0 aliphatic heterocycles. The second-order valence-corrected chi connectivity index (χ2v) is 7.47. The fourth-order valence-corrected chi connectivity index (χ4v) is 2.79. The van der Waals surface area contributed by atoms with Gasteiger partial charge in [0.1, 0.15) is 0 Å². The van der Waals surface area contributed by atoms with Crippen molar-refractivity contribution in [2.45, 2.75) is 6.92 Å². The minimum absolute atomic E-state index is 0. The van der Waals surface area contributed by atoms with Gasteiger partial charge in [-0.05, 0) is 61.0 Å². The summed E-state index contributed by atoms with van der Waals surface area (Å²) >= 11 is 7.40. The molecule has 0 aliphatic carbocycles. The van der Waals surface area contributed by atoms with Crippen molar-refractivity contribution < 1.29 is 49.2 Å². The van der Waals surface area contributed by atoms with Gasteiger partial charge in [0.15, 0.2) is 0 Å². The first-order chi connectivity index (χ1) is 19.1. The molecule has 4 aromatic rings. The van der Waals surface area contributed by atoms with E-state index >= 15 is 0 Å². The molecule has 41 heavy (non-hydrogen) atoms. The molecule has 4 aromatic heterocycles. The smallest absolute Gasteiger partial charge is 0.753 e. The van der Waals surface area contributed by atoms with Crippen LogP contribution in [-0.2, 0) is 19.5 Å². The van der Waals surface area contributed by atoms with Crippen molar-refractivity contribution in [2.75, 3.05) is 0 Å². The zero-order valence-electron chi connectivity index (χ0n) is 20.8. The summed E-state index contributed by atoms with van der Waals surface area (Å²) < 4.78 is 0. The van der Waals surface area contributed by atoms with E-state index in [0.717, 1.165) is 5.56 Å². The van der Waals surface area contributed by atoms with Crippen LogP contribution in [0.1, 0.15) is 36.6 Å². The predicted molar refractivity (Wildman–Crippen MR) is 152 cm³/mol. The maximum atomic E-state index is 10.8. The molecular formula is C26H18N6O6RuS2. The number of rotatable bonds is 5. The molecular weight excluding hydrogens is 658 g/mol. The Morgan fingerprint density at radius 2 is 0.854 bits per heavy atom. The number of aromatic nitrogens is 4. The zero-order chi connectivity index (χ0) is 30.1. The molecule has 0 atom stereocenters. The number of pyridine rings is 4. The third-order valence-electron chi connectivity index (χ3n) is 4.46. The molecule has 208 valence electrons. The van der Waals surface area contributed by atoms with Crippen molar-refractivity contribution in [1.29, 1.82) is 0 Å². The average molecular weight is 676 g/mol. The third kappa shape index (κ3) is 12.8. The molecule has 4 rings (SSSR count). The Morgan fingerprint density at radius 1 is 0.610 bits per heavy atom. The summed E-state index contributed by atoms with van der Waals surface area (Å²) in [5.41, 5.74) is 3.31. The van der Waals surface area contributed by atoms with Crippen LogP contribution < -0.4 is 0 Å². The van der Waals surface area contributed by atoms with Gasteiger partial charge in [-0.2, -0.15) is 10.3 Å². The molecule has 0 amide bonds. The van der Waals surface area contributed by atoms with Crippen molar-refractivity contribution >= 4 is 52.7 Å². The summed E-state index contributed by atoms with van der Waals surface area (Å²) in [6.07, 6.45) is 5.84. The van der Waals surface area contributed by atoms with Gasteiger partial charge in [0.05, 0.1) is 39.5 Å². The molecule has 0 saturated carbocycles. The summed E-state index contributed by atoms with van der Waals surface area (Å²) in [7, 11) is 0. The van der Waals surface area contributed by atoms with E-state index in [0.29, 0.717) is 22.8 Å². The Hall–Kier alpha value is -4.77. The largest absolute Gasteiger partial charge is 2.00 e. The van der Waals surface area contributed by atoms with Crippen LogP contribution in [0.5, 0.6) is 0 Å². The Kier molecular flexibility index (Phi) is 17.1. The van der Waals surface area contributed by atoms with E-state index in [-0.39, 0.29) is 36.2 Å². The molecule has 12 nitrogen and oxygen atoms in total. The van der Waals surface area contributed by atoms with Crippen molar-refractivity contribution in [3.05, 3.63) is 106 Å². The van der Waals surface area contributed by atoms with E-state index in [1.54, 1.807) is 6.20 Å². The summed E-state index contributed by atoms with van der Waals surface area (Å²) in [6, 6.07) is 12.1. The quantitative estimate of drug-likeness (QED) is 0.145. The Labute approximate surface area is 257 Å². The molecule has 4 heterocycles. The van der Waals surface area contributed by atoms with E-state index < -0.39 is 17.9 Å². The molecule has 0 bridgehead atoms. The van der Waals surface area contributed by atoms with Crippen LogP contribution in [0.15, 0.2) is 73.3 Å². The summed E-state index contributed by atoms with van der Waals surface area (Å²) in [6.45, 7) is 1.95. The minimum Gasteiger partial charge on any atom is -0.753 e. The number of aromatic carboxylic acids is 3. The predicted octanol–water partition coefficient (Wildman–Crippen LogP) is 5.00. The molecule has 0 aliphatic rings. The number of carboxylic acid groups (broad SMARTS) is 3. The fourth-order valence-electron chi connectivity index (χ4n) is 2.79. The van der Waals surface area contributed by atoms with Crippen LogP contribution in [0.4, 0.5) is 0 Å². The van der Waals surface area contributed by atoms with E-state index in [2.05, 4.69) is 44.4 Å². The third-order valence-corrected chi connectivity index (χ3v) is 4.46. The van der Waals surface area contributed by atoms with Crippen LogP contribution in [0, 0.1) is 6.92 Å². The normalized spacial score (nSPS) is 8.71. The number of carbonyl (C=O) groups is 3. The maximum Gasteiger partial charge on any atom is 2.00 e. The Bertz CT molecular complexity index is 1510. The van der Waals surface area contributed by atoms with Crippen molar-refractivity contribution in [3.63, 3.8) is 0 Å². The molecule has 0 radical (unpaired) electrons. The average Bonchev–Trinajstić information content (AvgIpc) is 2.94. The first kappa shape index (κ1) is 36.2. The molecule has 0 unspecified atom stereocenters. The van der Waals surface area contributed by atoms with Crippen LogP contribution in [0.2, 0.25) is 0 Å². The number of hydrogen-bond acceptors (Lipinski definition) is 9. The van der Waals surface area contributed by atoms with Crippen molar-refractivity contribution in [2.24, 2.45) is 0 Å². The van der Waals surface area contributed by atoms with Gasteiger partial charge in [-0.15, -0.1) is 0 Å². The number of isothiocyanates is 2. The summed E-state index contributed by atoms with van der Waals surface area (Å²) in [5, 5.41) is 43.5.